The van der Waals surface area contributed by atoms with E-state index < -0.39 is 0 Å². The Morgan fingerprint density at radius 2 is 2.21 bits per heavy atom. The Balaban J connectivity index is 1.59. The van der Waals surface area contributed by atoms with Crippen molar-refractivity contribution in [3.63, 3.8) is 0 Å². The minimum atomic E-state index is -0.0901. The number of aromatic nitrogens is 3. The number of hydrogen-bond donors (Lipinski definition) is 0. The lowest BCUT2D eigenvalue weighted by Gasteiger charge is -2.36. The highest BCUT2D eigenvalue weighted by molar-refractivity contribution is 5.94. The molecule has 1 saturated carbocycles. The lowest BCUT2D eigenvalue weighted by Crippen LogP contribution is -2.42. The summed E-state index contributed by atoms with van der Waals surface area (Å²) in [5.74, 6) is 0.719. The minimum absolute atomic E-state index is 0.00923. The van der Waals surface area contributed by atoms with Crippen LogP contribution in [-0.2, 0) is 18.2 Å². The number of fused-ring (bicyclic) bond motifs is 1. The zero-order valence-corrected chi connectivity index (χ0v) is 13.9. The van der Waals surface area contributed by atoms with Crippen molar-refractivity contribution in [1.29, 1.82) is 0 Å². The fraction of sp³-hybridized carbons (Fsp3) is 0.500. The molecule has 0 saturated heterocycles. The normalized spacial score (nSPS) is 20.0. The van der Waals surface area contributed by atoms with E-state index in [2.05, 4.69) is 10.1 Å². The Labute approximate surface area is 141 Å². The van der Waals surface area contributed by atoms with Gasteiger partial charge in [-0.3, -0.25) is 14.5 Å². The van der Waals surface area contributed by atoms with Crippen LogP contribution in [0.15, 0.2) is 30.7 Å². The second-order valence-electron chi connectivity index (χ2n) is 6.67. The molecule has 0 radical (unpaired) electrons. The SMILES string of the molecule is Cn1ncc2c1[C@H](COCC1CC1)N(C(=O)c1cccnc1)CC2. The van der Waals surface area contributed by atoms with Crippen LogP contribution < -0.4 is 0 Å². The van der Waals surface area contributed by atoms with Crippen molar-refractivity contribution in [3.8, 4) is 0 Å². The van der Waals surface area contributed by atoms with E-state index in [1.54, 1.807) is 18.5 Å². The monoisotopic (exact) mass is 326 g/mol. The smallest absolute Gasteiger partial charge is 0.256 e. The fourth-order valence-corrected chi connectivity index (χ4v) is 3.36. The molecule has 0 bridgehead atoms. The third kappa shape index (κ3) is 2.94. The zero-order valence-electron chi connectivity index (χ0n) is 13.9. The lowest BCUT2D eigenvalue weighted by atomic mass is 9.99. The van der Waals surface area contributed by atoms with Crippen LogP contribution in [0.5, 0.6) is 0 Å². The largest absolute Gasteiger partial charge is 0.379 e. The van der Waals surface area contributed by atoms with Gasteiger partial charge in [-0.05, 0) is 42.9 Å². The molecule has 24 heavy (non-hydrogen) atoms. The van der Waals surface area contributed by atoms with Gasteiger partial charge >= 0.3 is 0 Å². The fourth-order valence-electron chi connectivity index (χ4n) is 3.36. The first-order chi connectivity index (χ1) is 11.7. The van der Waals surface area contributed by atoms with E-state index in [0.29, 0.717) is 24.6 Å². The van der Waals surface area contributed by atoms with Crippen LogP contribution in [-0.4, -0.2) is 45.3 Å². The molecule has 4 rings (SSSR count). The molecule has 2 aliphatic rings. The maximum Gasteiger partial charge on any atom is 0.256 e. The molecule has 0 unspecified atom stereocenters. The number of hydrogen-bond acceptors (Lipinski definition) is 4. The van der Waals surface area contributed by atoms with E-state index >= 15 is 0 Å². The molecule has 2 aromatic rings. The van der Waals surface area contributed by atoms with E-state index in [-0.39, 0.29) is 11.9 Å². The number of carbonyl (C=O) groups is 1. The van der Waals surface area contributed by atoms with Crippen molar-refractivity contribution in [3.05, 3.63) is 47.5 Å². The summed E-state index contributed by atoms with van der Waals surface area (Å²) in [4.78, 5) is 18.9. The van der Waals surface area contributed by atoms with Crippen molar-refractivity contribution in [1.82, 2.24) is 19.7 Å². The standard InChI is InChI=1S/C18H22N4O2/c1-21-17-14(10-20-21)6-8-22(16(17)12-24-11-13-4-5-13)18(23)15-3-2-7-19-9-15/h2-3,7,9-10,13,16H,4-6,8,11-12H2,1H3/t16-/m0/s1. The number of amides is 1. The van der Waals surface area contributed by atoms with E-state index in [1.165, 1.54) is 18.4 Å². The van der Waals surface area contributed by atoms with Gasteiger partial charge in [0.25, 0.3) is 5.91 Å². The summed E-state index contributed by atoms with van der Waals surface area (Å²) in [5, 5.41) is 4.38. The van der Waals surface area contributed by atoms with Gasteiger partial charge in [0.15, 0.2) is 0 Å². The van der Waals surface area contributed by atoms with Crippen molar-refractivity contribution in [2.45, 2.75) is 25.3 Å². The van der Waals surface area contributed by atoms with Gasteiger partial charge in [0.2, 0.25) is 0 Å². The molecule has 126 valence electrons. The van der Waals surface area contributed by atoms with Crippen LogP contribution in [0.4, 0.5) is 0 Å². The van der Waals surface area contributed by atoms with E-state index in [9.17, 15) is 4.79 Å². The van der Waals surface area contributed by atoms with Crippen LogP contribution in [0.1, 0.15) is 40.5 Å². The highest BCUT2D eigenvalue weighted by atomic mass is 16.5. The summed E-state index contributed by atoms with van der Waals surface area (Å²) in [6.45, 7) is 2.00. The Morgan fingerprint density at radius 1 is 1.33 bits per heavy atom. The van der Waals surface area contributed by atoms with Crippen molar-refractivity contribution in [2.24, 2.45) is 13.0 Å². The highest BCUT2D eigenvalue weighted by Crippen LogP contribution is 2.33. The topological polar surface area (TPSA) is 60.2 Å². The van der Waals surface area contributed by atoms with Crippen LogP contribution >= 0.6 is 0 Å². The van der Waals surface area contributed by atoms with Gasteiger partial charge in [0, 0.05) is 32.6 Å². The molecular weight excluding hydrogens is 304 g/mol. The summed E-state index contributed by atoms with van der Waals surface area (Å²) in [6.07, 6.45) is 8.58. The molecule has 6 nitrogen and oxygen atoms in total. The summed E-state index contributed by atoms with van der Waals surface area (Å²) < 4.78 is 7.82. The first kappa shape index (κ1) is 15.3. The number of rotatable bonds is 5. The summed E-state index contributed by atoms with van der Waals surface area (Å²) in [7, 11) is 1.94. The number of pyridine rings is 1. The first-order valence-electron chi connectivity index (χ1n) is 8.53. The first-order valence-corrected chi connectivity index (χ1v) is 8.53. The van der Waals surface area contributed by atoms with Crippen molar-refractivity contribution >= 4 is 5.91 Å². The lowest BCUT2D eigenvalue weighted by molar-refractivity contribution is 0.0348. The van der Waals surface area contributed by atoms with Crippen LogP contribution in [0.3, 0.4) is 0 Å². The quantitative estimate of drug-likeness (QED) is 0.843. The molecule has 1 fully saturated rings. The van der Waals surface area contributed by atoms with Gasteiger partial charge in [-0.2, -0.15) is 5.10 Å². The molecule has 1 amide bonds. The van der Waals surface area contributed by atoms with Crippen LogP contribution in [0, 0.1) is 5.92 Å². The predicted octanol–water partition coefficient (Wildman–Crippen LogP) is 1.98. The summed E-state index contributed by atoms with van der Waals surface area (Å²) in [5.41, 5.74) is 2.93. The molecule has 6 heteroatoms. The Bertz CT molecular complexity index is 724. The number of nitrogens with zero attached hydrogens (tertiary/aromatic N) is 4. The number of ether oxygens (including phenoxy) is 1. The molecule has 0 aromatic carbocycles. The molecule has 1 aliphatic heterocycles. The number of aryl methyl sites for hydroxylation is 1. The minimum Gasteiger partial charge on any atom is -0.379 e. The second-order valence-corrected chi connectivity index (χ2v) is 6.67. The van der Waals surface area contributed by atoms with Gasteiger partial charge < -0.3 is 9.64 Å². The van der Waals surface area contributed by atoms with E-state index in [4.69, 9.17) is 4.74 Å². The van der Waals surface area contributed by atoms with Crippen molar-refractivity contribution in [2.75, 3.05) is 19.8 Å². The van der Waals surface area contributed by atoms with Gasteiger partial charge in [-0.1, -0.05) is 0 Å². The van der Waals surface area contributed by atoms with Gasteiger partial charge in [-0.15, -0.1) is 0 Å². The molecular formula is C18H22N4O2. The zero-order chi connectivity index (χ0) is 16.5. The molecule has 1 atom stereocenters. The molecule has 1 aliphatic carbocycles. The maximum absolute atomic E-state index is 13.0. The second kappa shape index (κ2) is 6.36. The predicted molar refractivity (Wildman–Crippen MR) is 88.5 cm³/mol. The van der Waals surface area contributed by atoms with Gasteiger partial charge in [0.05, 0.1) is 30.1 Å². The van der Waals surface area contributed by atoms with E-state index in [0.717, 1.165) is 18.7 Å². The average Bonchev–Trinajstić information content (AvgIpc) is 3.37. The molecule has 3 heterocycles. The van der Waals surface area contributed by atoms with Crippen molar-refractivity contribution < 1.29 is 9.53 Å². The Kier molecular flexibility index (Phi) is 4.06. The highest BCUT2D eigenvalue weighted by Gasteiger charge is 2.34. The van der Waals surface area contributed by atoms with Crippen LogP contribution in [0.25, 0.3) is 0 Å². The third-order valence-corrected chi connectivity index (χ3v) is 4.87. The summed E-state index contributed by atoms with van der Waals surface area (Å²) in [6, 6.07) is 3.52. The average molecular weight is 326 g/mol. The maximum atomic E-state index is 13.0. The Morgan fingerprint density at radius 3 is 2.96 bits per heavy atom. The molecule has 0 spiro atoms. The third-order valence-electron chi connectivity index (χ3n) is 4.87. The van der Waals surface area contributed by atoms with Gasteiger partial charge in [-0.25, -0.2) is 0 Å². The molecule has 2 aromatic heterocycles. The van der Waals surface area contributed by atoms with Crippen LogP contribution in [0.2, 0.25) is 0 Å². The van der Waals surface area contributed by atoms with E-state index in [1.807, 2.05) is 28.9 Å². The van der Waals surface area contributed by atoms with Gasteiger partial charge in [0.1, 0.15) is 0 Å². The summed E-state index contributed by atoms with van der Waals surface area (Å²) >= 11 is 0. The number of carbonyl (C=O) groups excluding carboxylic acids is 1. The molecule has 0 N–H and O–H groups in total. The Hall–Kier alpha value is -2.21.